The van der Waals surface area contributed by atoms with Crippen molar-refractivity contribution in [3.05, 3.63) is 64.6 Å². The summed E-state index contributed by atoms with van der Waals surface area (Å²) < 4.78 is 19.6. The highest BCUT2D eigenvalue weighted by Gasteiger charge is 2.37. The van der Waals surface area contributed by atoms with E-state index < -0.39 is 0 Å². The van der Waals surface area contributed by atoms with Crippen LogP contribution in [-0.4, -0.2) is 41.4 Å². The Kier molecular flexibility index (Phi) is 5.64. The molecule has 0 bridgehead atoms. The number of aromatic nitrogens is 2. The van der Waals surface area contributed by atoms with Gasteiger partial charge in [-0.05, 0) is 56.7 Å². The van der Waals surface area contributed by atoms with Crippen molar-refractivity contribution in [1.82, 2.24) is 14.9 Å². The Balaban J connectivity index is 1.57. The zero-order valence-corrected chi connectivity index (χ0v) is 19.4. The summed E-state index contributed by atoms with van der Waals surface area (Å²) in [7, 11) is 3.80. The van der Waals surface area contributed by atoms with Crippen molar-refractivity contribution in [1.29, 1.82) is 0 Å². The van der Waals surface area contributed by atoms with Crippen LogP contribution in [0.5, 0.6) is 0 Å². The van der Waals surface area contributed by atoms with E-state index in [0.29, 0.717) is 18.3 Å². The molecular formula is C26H29FN4O2. The number of furan rings is 1. The van der Waals surface area contributed by atoms with Gasteiger partial charge in [0, 0.05) is 44.4 Å². The number of carbonyl (C=O) groups is 1. The maximum absolute atomic E-state index is 13.9. The second kappa shape index (κ2) is 8.61. The molecule has 0 unspecified atom stereocenters. The molecule has 172 valence electrons. The number of hydrogen-bond donors (Lipinski definition) is 0. The fraction of sp³-hybridized carbons (Fsp3) is 0.423. The molecule has 3 heterocycles. The van der Waals surface area contributed by atoms with Crippen molar-refractivity contribution < 1.29 is 13.6 Å². The molecule has 1 aliphatic heterocycles. The summed E-state index contributed by atoms with van der Waals surface area (Å²) in [6.07, 6.45) is 7.50. The van der Waals surface area contributed by atoms with Gasteiger partial charge in [-0.3, -0.25) is 4.79 Å². The van der Waals surface area contributed by atoms with Crippen molar-refractivity contribution in [2.24, 2.45) is 0 Å². The summed E-state index contributed by atoms with van der Waals surface area (Å²) in [5.74, 6) is 2.02. The van der Waals surface area contributed by atoms with Crippen LogP contribution < -0.4 is 4.90 Å². The molecule has 5 rings (SSSR count). The molecule has 7 heteroatoms. The number of likely N-dealkylation sites (tertiary alicyclic amines) is 1. The average Bonchev–Trinajstić information content (AvgIpc) is 3.43. The van der Waals surface area contributed by atoms with E-state index in [2.05, 4.69) is 4.98 Å². The highest BCUT2D eigenvalue weighted by atomic mass is 19.1. The minimum absolute atomic E-state index is 0.0250. The maximum atomic E-state index is 13.9. The molecule has 33 heavy (non-hydrogen) atoms. The minimum atomic E-state index is -0.288. The molecule has 0 spiro atoms. The van der Waals surface area contributed by atoms with Crippen LogP contribution in [0.25, 0.3) is 11.1 Å². The molecule has 2 aliphatic rings. The lowest BCUT2D eigenvalue weighted by Gasteiger charge is -2.27. The highest BCUT2D eigenvalue weighted by Crippen LogP contribution is 2.39. The van der Waals surface area contributed by atoms with Crippen LogP contribution in [-0.2, 0) is 12.8 Å². The lowest BCUT2D eigenvalue weighted by atomic mass is 9.93. The third-order valence-electron chi connectivity index (χ3n) is 6.75. The minimum Gasteiger partial charge on any atom is -0.465 e. The third-order valence-corrected chi connectivity index (χ3v) is 6.75. The number of benzene rings is 1. The summed E-state index contributed by atoms with van der Waals surface area (Å²) in [6, 6.07) is 6.19. The molecule has 0 radical (unpaired) electrons. The quantitative estimate of drug-likeness (QED) is 0.555. The first-order valence-electron chi connectivity index (χ1n) is 11.7. The van der Waals surface area contributed by atoms with E-state index in [9.17, 15) is 9.18 Å². The number of anilines is 1. The molecule has 1 amide bonds. The van der Waals surface area contributed by atoms with Gasteiger partial charge in [-0.15, -0.1) is 0 Å². The zero-order valence-electron chi connectivity index (χ0n) is 19.4. The van der Waals surface area contributed by atoms with Crippen molar-refractivity contribution >= 4 is 11.9 Å². The molecule has 1 saturated heterocycles. The molecular weight excluding hydrogens is 419 g/mol. The number of halogens is 1. The number of aryl methyl sites for hydroxylation is 2. The van der Waals surface area contributed by atoms with Crippen molar-refractivity contribution in [3.63, 3.8) is 0 Å². The maximum Gasteiger partial charge on any atom is 0.258 e. The first-order chi connectivity index (χ1) is 15.9. The normalized spacial score (nSPS) is 17.8. The summed E-state index contributed by atoms with van der Waals surface area (Å²) >= 11 is 0. The molecule has 1 aliphatic carbocycles. The first-order valence-corrected chi connectivity index (χ1v) is 11.7. The monoisotopic (exact) mass is 448 g/mol. The molecule has 2 aromatic heterocycles. The van der Waals surface area contributed by atoms with E-state index in [-0.39, 0.29) is 17.8 Å². The van der Waals surface area contributed by atoms with Crippen LogP contribution in [0, 0.1) is 12.7 Å². The van der Waals surface area contributed by atoms with Crippen LogP contribution in [0.4, 0.5) is 10.3 Å². The lowest BCUT2D eigenvalue weighted by Crippen LogP contribution is -2.32. The second-order valence-corrected chi connectivity index (χ2v) is 9.17. The summed E-state index contributed by atoms with van der Waals surface area (Å²) in [6.45, 7) is 2.57. The van der Waals surface area contributed by atoms with Crippen LogP contribution in [0.2, 0.25) is 0 Å². The Hall–Kier alpha value is -3.22. The number of amides is 1. The van der Waals surface area contributed by atoms with Gasteiger partial charge in [-0.25, -0.2) is 14.4 Å². The van der Waals surface area contributed by atoms with E-state index in [1.807, 2.05) is 30.8 Å². The topological polar surface area (TPSA) is 62.5 Å². The van der Waals surface area contributed by atoms with Gasteiger partial charge < -0.3 is 14.2 Å². The SMILES string of the molecule is Cc1oc2c(c1C(=O)N1CCC[C@H]1c1nc(N(C)C)ncc1-c1ccc(F)cc1)CCCC2. The molecule has 6 nitrogen and oxygen atoms in total. The first kappa shape index (κ1) is 21.6. The van der Waals surface area contributed by atoms with Crippen molar-refractivity contribution in [3.8, 4) is 11.1 Å². The average molecular weight is 449 g/mol. The van der Waals surface area contributed by atoms with Crippen LogP contribution in [0.3, 0.4) is 0 Å². The molecule has 1 atom stereocenters. The molecule has 0 saturated carbocycles. The molecule has 1 fully saturated rings. The van der Waals surface area contributed by atoms with Gasteiger partial charge in [0.15, 0.2) is 0 Å². The number of rotatable bonds is 4. The molecule has 0 N–H and O–H groups in total. The van der Waals surface area contributed by atoms with E-state index in [4.69, 9.17) is 9.40 Å². The Morgan fingerprint density at radius 2 is 1.91 bits per heavy atom. The number of carbonyl (C=O) groups excluding carboxylic acids is 1. The highest BCUT2D eigenvalue weighted by molar-refractivity contribution is 5.97. The zero-order chi connectivity index (χ0) is 23.1. The van der Waals surface area contributed by atoms with Gasteiger partial charge >= 0.3 is 0 Å². The van der Waals surface area contributed by atoms with Gasteiger partial charge in [-0.2, -0.15) is 0 Å². The summed E-state index contributed by atoms with van der Waals surface area (Å²) in [5.41, 5.74) is 4.30. The lowest BCUT2D eigenvalue weighted by molar-refractivity contribution is 0.0730. The van der Waals surface area contributed by atoms with Gasteiger partial charge in [0.1, 0.15) is 17.3 Å². The van der Waals surface area contributed by atoms with E-state index in [0.717, 1.165) is 72.2 Å². The van der Waals surface area contributed by atoms with Crippen molar-refractivity contribution in [2.45, 2.75) is 51.5 Å². The van der Waals surface area contributed by atoms with Gasteiger partial charge in [0.25, 0.3) is 5.91 Å². The number of nitrogens with zero attached hydrogens (tertiary/aromatic N) is 4. The Morgan fingerprint density at radius 1 is 1.15 bits per heavy atom. The van der Waals surface area contributed by atoms with Crippen LogP contribution in [0.1, 0.15) is 64.9 Å². The van der Waals surface area contributed by atoms with Crippen LogP contribution >= 0.6 is 0 Å². The number of fused-ring (bicyclic) bond motifs is 1. The van der Waals surface area contributed by atoms with Gasteiger partial charge in [0.2, 0.25) is 5.95 Å². The summed E-state index contributed by atoms with van der Waals surface area (Å²) in [5, 5.41) is 0. The van der Waals surface area contributed by atoms with Gasteiger partial charge in [-0.1, -0.05) is 12.1 Å². The smallest absolute Gasteiger partial charge is 0.258 e. The van der Waals surface area contributed by atoms with Gasteiger partial charge in [0.05, 0.1) is 17.3 Å². The number of hydrogen-bond acceptors (Lipinski definition) is 5. The van der Waals surface area contributed by atoms with E-state index >= 15 is 0 Å². The second-order valence-electron chi connectivity index (χ2n) is 9.17. The summed E-state index contributed by atoms with van der Waals surface area (Å²) in [4.78, 5) is 27.0. The van der Waals surface area contributed by atoms with E-state index in [1.54, 1.807) is 18.3 Å². The fourth-order valence-corrected chi connectivity index (χ4v) is 5.13. The molecule has 1 aromatic carbocycles. The largest absolute Gasteiger partial charge is 0.465 e. The standard InChI is InChI=1S/C26H29FN4O2/c1-16-23(19-7-4-5-9-22(19)33-16)25(32)31-14-6-8-21(31)24-20(15-28-26(29-24)30(2)3)17-10-12-18(27)13-11-17/h10-13,15,21H,4-9,14H2,1-3H3/t21-/m0/s1. The predicted molar refractivity (Wildman–Crippen MR) is 125 cm³/mol. The van der Waals surface area contributed by atoms with Crippen molar-refractivity contribution in [2.75, 3.05) is 25.5 Å². The van der Waals surface area contributed by atoms with E-state index in [1.165, 1.54) is 12.1 Å². The Bertz CT molecular complexity index is 1190. The fourth-order valence-electron chi connectivity index (χ4n) is 5.13. The Morgan fingerprint density at radius 3 is 2.67 bits per heavy atom. The third kappa shape index (κ3) is 3.90. The Labute approximate surface area is 193 Å². The van der Waals surface area contributed by atoms with Crippen LogP contribution in [0.15, 0.2) is 34.9 Å². The molecule has 3 aromatic rings. The predicted octanol–water partition coefficient (Wildman–Crippen LogP) is 5.11.